The topological polar surface area (TPSA) is 29.3 Å². The van der Waals surface area contributed by atoms with Gasteiger partial charge in [0.1, 0.15) is 0 Å². The molecule has 2 unspecified atom stereocenters. The lowest BCUT2D eigenvalue weighted by atomic mass is 9.67. The van der Waals surface area contributed by atoms with Crippen LogP contribution in [0, 0.1) is 11.8 Å². The van der Waals surface area contributed by atoms with Crippen LogP contribution < -0.4 is 5.73 Å². The highest BCUT2D eigenvalue weighted by Gasteiger charge is 2.43. The Morgan fingerprint density at radius 3 is 2.85 bits per heavy atom. The molecular formula is C17H30N2S. The maximum Gasteiger partial charge on any atom is 0.0359 e. The van der Waals surface area contributed by atoms with Crippen molar-refractivity contribution < 1.29 is 0 Å². The molecule has 0 bridgehead atoms. The zero-order valence-corrected chi connectivity index (χ0v) is 14.1. The van der Waals surface area contributed by atoms with E-state index in [0.29, 0.717) is 0 Å². The van der Waals surface area contributed by atoms with Crippen LogP contribution in [-0.2, 0) is 6.42 Å². The monoisotopic (exact) mass is 294 g/mol. The lowest BCUT2D eigenvalue weighted by molar-refractivity contribution is 0.00417. The first-order chi connectivity index (χ1) is 9.60. The first-order valence-electron chi connectivity index (χ1n) is 8.04. The lowest BCUT2D eigenvalue weighted by Crippen LogP contribution is -2.60. The molecule has 0 spiro atoms. The van der Waals surface area contributed by atoms with Crippen LogP contribution in [0.5, 0.6) is 0 Å². The molecule has 0 saturated heterocycles. The molecule has 1 fully saturated rings. The van der Waals surface area contributed by atoms with Crippen molar-refractivity contribution in [3.05, 3.63) is 22.4 Å². The highest BCUT2D eigenvalue weighted by Crippen LogP contribution is 2.41. The molecule has 1 aromatic rings. The van der Waals surface area contributed by atoms with Gasteiger partial charge in [-0.25, -0.2) is 0 Å². The quantitative estimate of drug-likeness (QED) is 0.865. The second kappa shape index (κ2) is 7.06. The third-order valence-electron chi connectivity index (χ3n) is 5.26. The van der Waals surface area contributed by atoms with Gasteiger partial charge in [0, 0.05) is 23.5 Å². The number of nitrogens with two attached hydrogens (primary N) is 1. The SMILES string of the molecule is CC(C)C1CCCCC1(CN)N(C)CCc1cccs1. The molecule has 3 heteroatoms. The van der Waals surface area contributed by atoms with Crippen LogP contribution in [0.25, 0.3) is 0 Å². The summed E-state index contributed by atoms with van der Waals surface area (Å²) in [6.07, 6.45) is 6.49. The highest BCUT2D eigenvalue weighted by atomic mass is 32.1. The Labute approximate surface area is 128 Å². The average molecular weight is 295 g/mol. The van der Waals surface area contributed by atoms with E-state index < -0.39 is 0 Å². The number of hydrogen-bond acceptors (Lipinski definition) is 3. The average Bonchev–Trinajstić information content (AvgIpc) is 2.97. The van der Waals surface area contributed by atoms with Gasteiger partial charge in [-0.05, 0) is 49.6 Å². The predicted octanol–water partition coefficient (Wildman–Crippen LogP) is 3.77. The van der Waals surface area contributed by atoms with Gasteiger partial charge < -0.3 is 5.73 Å². The Morgan fingerprint density at radius 2 is 2.25 bits per heavy atom. The highest BCUT2D eigenvalue weighted by molar-refractivity contribution is 7.09. The van der Waals surface area contributed by atoms with Crippen LogP contribution in [0.4, 0.5) is 0 Å². The Hall–Kier alpha value is -0.380. The summed E-state index contributed by atoms with van der Waals surface area (Å²) >= 11 is 1.87. The summed E-state index contributed by atoms with van der Waals surface area (Å²) in [6, 6.07) is 4.39. The van der Waals surface area contributed by atoms with Crippen molar-refractivity contribution in [3.8, 4) is 0 Å². The van der Waals surface area contributed by atoms with Gasteiger partial charge in [-0.1, -0.05) is 32.8 Å². The van der Waals surface area contributed by atoms with Crippen molar-refractivity contribution in [3.63, 3.8) is 0 Å². The van der Waals surface area contributed by atoms with E-state index in [0.717, 1.165) is 31.3 Å². The molecule has 2 atom stereocenters. The molecule has 1 aliphatic rings. The fourth-order valence-corrected chi connectivity index (χ4v) is 4.74. The number of thiophene rings is 1. The van der Waals surface area contributed by atoms with Crippen molar-refractivity contribution in [2.24, 2.45) is 17.6 Å². The van der Waals surface area contributed by atoms with Gasteiger partial charge in [-0.2, -0.15) is 0 Å². The van der Waals surface area contributed by atoms with Gasteiger partial charge in [0.2, 0.25) is 0 Å². The minimum atomic E-state index is 0.226. The summed E-state index contributed by atoms with van der Waals surface area (Å²) in [7, 11) is 2.29. The van der Waals surface area contributed by atoms with Crippen LogP contribution in [0.3, 0.4) is 0 Å². The zero-order chi connectivity index (χ0) is 14.6. The summed E-state index contributed by atoms with van der Waals surface area (Å²) in [6.45, 7) is 6.67. The largest absolute Gasteiger partial charge is 0.329 e. The van der Waals surface area contributed by atoms with E-state index in [1.807, 2.05) is 11.3 Å². The molecule has 1 aliphatic carbocycles. The van der Waals surface area contributed by atoms with Crippen LogP contribution in [0.15, 0.2) is 17.5 Å². The Morgan fingerprint density at radius 1 is 1.45 bits per heavy atom. The molecule has 114 valence electrons. The Balaban J connectivity index is 2.06. The lowest BCUT2D eigenvalue weighted by Gasteiger charge is -2.51. The smallest absolute Gasteiger partial charge is 0.0359 e. The van der Waals surface area contributed by atoms with Gasteiger partial charge in [0.15, 0.2) is 0 Å². The van der Waals surface area contributed by atoms with Crippen LogP contribution in [-0.4, -0.2) is 30.6 Å². The van der Waals surface area contributed by atoms with E-state index in [2.05, 4.69) is 43.3 Å². The molecule has 0 radical (unpaired) electrons. The molecule has 0 amide bonds. The second-order valence-corrected chi connectivity index (χ2v) is 7.69. The van der Waals surface area contributed by atoms with E-state index in [9.17, 15) is 0 Å². The molecule has 0 aliphatic heterocycles. The first kappa shape index (κ1) is 16.0. The van der Waals surface area contributed by atoms with Gasteiger partial charge in [0.05, 0.1) is 0 Å². The number of nitrogens with zero attached hydrogens (tertiary/aromatic N) is 1. The van der Waals surface area contributed by atoms with Gasteiger partial charge in [-0.15, -0.1) is 11.3 Å². The van der Waals surface area contributed by atoms with Crippen molar-refractivity contribution in [2.45, 2.75) is 51.5 Å². The van der Waals surface area contributed by atoms with Gasteiger partial charge >= 0.3 is 0 Å². The summed E-state index contributed by atoms with van der Waals surface area (Å²) in [5.41, 5.74) is 6.50. The molecule has 1 aromatic heterocycles. The van der Waals surface area contributed by atoms with Crippen molar-refractivity contribution >= 4 is 11.3 Å². The third kappa shape index (κ3) is 3.26. The summed E-state index contributed by atoms with van der Waals surface area (Å²) in [5, 5.41) is 2.17. The van der Waals surface area contributed by atoms with Crippen LogP contribution in [0.2, 0.25) is 0 Å². The van der Waals surface area contributed by atoms with Crippen LogP contribution in [0.1, 0.15) is 44.4 Å². The summed E-state index contributed by atoms with van der Waals surface area (Å²) in [5.74, 6) is 1.47. The van der Waals surface area contributed by atoms with E-state index in [-0.39, 0.29) is 5.54 Å². The molecular weight excluding hydrogens is 264 g/mol. The number of rotatable bonds is 6. The standard InChI is InChI=1S/C17H30N2S/c1-14(2)16-8-4-5-10-17(16,13-18)19(3)11-9-15-7-6-12-20-15/h6-7,12,14,16H,4-5,8-11,13,18H2,1-3H3. The maximum absolute atomic E-state index is 6.28. The van der Waals surface area contributed by atoms with Crippen molar-refractivity contribution in [2.75, 3.05) is 20.1 Å². The Bertz CT molecular complexity index is 388. The molecule has 2 nitrogen and oxygen atoms in total. The molecule has 0 aromatic carbocycles. The predicted molar refractivity (Wildman–Crippen MR) is 89.2 cm³/mol. The van der Waals surface area contributed by atoms with E-state index in [1.54, 1.807) is 0 Å². The molecule has 1 saturated carbocycles. The summed E-state index contributed by atoms with van der Waals surface area (Å²) in [4.78, 5) is 4.07. The van der Waals surface area contributed by atoms with Crippen LogP contribution >= 0.6 is 11.3 Å². The maximum atomic E-state index is 6.28. The van der Waals surface area contributed by atoms with E-state index >= 15 is 0 Å². The number of hydrogen-bond donors (Lipinski definition) is 1. The van der Waals surface area contributed by atoms with Crippen molar-refractivity contribution in [1.29, 1.82) is 0 Å². The minimum absolute atomic E-state index is 0.226. The molecule has 2 N–H and O–H groups in total. The molecule has 20 heavy (non-hydrogen) atoms. The van der Waals surface area contributed by atoms with Crippen molar-refractivity contribution in [1.82, 2.24) is 4.90 Å². The Kier molecular flexibility index (Phi) is 5.65. The second-order valence-electron chi connectivity index (χ2n) is 6.65. The fourth-order valence-electron chi connectivity index (χ4n) is 4.04. The van der Waals surface area contributed by atoms with E-state index in [1.165, 1.54) is 30.6 Å². The molecule has 2 rings (SSSR count). The zero-order valence-electron chi connectivity index (χ0n) is 13.3. The summed E-state index contributed by atoms with van der Waals surface area (Å²) < 4.78 is 0. The first-order valence-corrected chi connectivity index (χ1v) is 8.92. The van der Waals surface area contributed by atoms with Gasteiger partial charge in [0.25, 0.3) is 0 Å². The van der Waals surface area contributed by atoms with E-state index in [4.69, 9.17) is 5.73 Å². The normalized spacial score (nSPS) is 27.4. The third-order valence-corrected chi connectivity index (χ3v) is 6.19. The molecule has 1 heterocycles. The minimum Gasteiger partial charge on any atom is -0.329 e. The number of likely N-dealkylation sites (N-methyl/N-ethyl adjacent to an activating group) is 1. The fraction of sp³-hybridized carbons (Fsp3) is 0.765. The van der Waals surface area contributed by atoms with Gasteiger partial charge in [-0.3, -0.25) is 4.90 Å².